The number of aryl methyl sites for hydroxylation is 1. The average Bonchev–Trinajstić information content (AvgIpc) is 2.75. The van der Waals surface area contributed by atoms with Crippen LogP contribution in [0.3, 0.4) is 0 Å². The van der Waals surface area contributed by atoms with Gasteiger partial charge in [-0.15, -0.1) is 0 Å². The first-order valence-electron chi connectivity index (χ1n) is 10.7. The van der Waals surface area contributed by atoms with Gasteiger partial charge in [0.2, 0.25) is 5.69 Å². The summed E-state index contributed by atoms with van der Waals surface area (Å²) in [5.74, 6) is 0. The standard InChI is InChI=1S/C25H35NP/c1-7-11-13-19-16-17-21-20(18-19)22-14-12-15-23(26(22)10-4)25(9-3,27-6)24(21,5)8-2/h12,14-18H,6-11,13H2,1-5H3/q+1. The second kappa shape index (κ2) is 7.88. The number of benzene rings is 1. The zero-order valence-electron chi connectivity index (χ0n) is 17.8. The summed E-state index contributed by atoms with van der Waals surface area (Å²) in [6, 6.07) is 14.2. The Labute approximate surface area is 167 Å². The van der Waals surface area contributed by atoms with Gasteiger partial charge >= 0.3 is 0 Å². The molecule has 1 aromatic carbocycles. The molecule has 0 fully saturated rings. The smallest absolute Gasteiger partial charge is 0.195 e. The third kappa shape index (κ3) is 2.90. The second-order valence-corrected chi connectivity index (χ2v) is 9.16. The normalized spacial score (nSPS) is 23.9. The third-order valence-electron chi connectivity index (χ3n) is 7.00. The van der Waals surface area contributed by atoms with E-state index in [1.807, 2.05) is 0 Å². The van der Waals surface area contributed by atoms with Gasteiger partial charge in [0, 0.05) is 17.5 Å². The predicted octanol–water partition coefficient (Wildman–Crippen LogP) is 6.67. The molecule has 0 N–H and O–H groups in total. The van der Waals surface area contributed by atoms with Crippen molar-refractivity contribution in [3.05, 3.63) is 53.2 Å². The van der Waals surface area contributed by atoms with Gasteiger partial charge in [-0.3, -0.25) is 0 Å². The van der Waals surface area contributed by atoms with Crippen molar-refractivity contribution in [3.63, 3.8) is 0 Å². The summed E-state index contributed by atoms with van der Waals surface area (Å²) < 4.78 is 2.56. The highest BCUT2D eigenvalue weighted by atomic mass is 31.1. The molecule has 0 aliphatic carbocycles. The summed E-state index contributed by atoms with van der Waals surface area (Å²) in [5.41, 5.74) is 7.32. The second-order valence-electron chi connectivity index (χ2n) is 8.08. The topological polar surface area (TPSA) is 3.88 Å². The fraction of sp³-hybridized carbons (Fsp3) is 0.520. The van der Waals surface area contributed by atoms with E-state index < -0.39 is 0 Å². The lowest BCUT2D eigenvalue weighted by Gasteiger charge is -2.43. The van der Waals surface area contributed by atoms with E-state index in [0.717, 1.165) is 19.4 Å². The molecule has 3 rings (SSSR count). The number of hydrogen-bond donors (Lipinski definition) is 0. The Morgan fingerprint density at radius 2 is 1.81 bits per heavy atom. The molecule has 2 atom stereocenters. The summed E-state index contributed by atoms with van der Waals surface area (Å²) >= 11 is 0. The molecule has 1 aromatic heterocycles. The van der Waals surface area contributed by atoms with Gasteiger partial charge in [0.05, 0.1) is 5.56 Å². The minimum absolute atomic E-state index is 0.0317. The lowest BCUT2D eigenvalue weighted by atomic mass is 9.66. The van der Waals surface area contributed by atoms with Crippen LogP contribution in [0.1, 0.15) is 77.1 Å². The number of rotatable bonds is 7. The first-order valence-corrected chi connectivity index (χ1v) is 11.8. The van der Waals surface area contributed by atoms with E-state index in [1.165, 1.54) is 55.5 Å². The Morgan fingerprint density at radius 1 is 1.04 bits per heavy atom. The molecule has 0 saturated carbocycles. The largest absolute Gasteiger partial charge is 0.213 e. The van der Waals surface area contributed by atoms with Crippen LogP contribution in [0.4, 0.5) is 0 Å². The Balaban J connectivity index is 2.40. The predicted molar refractivity (Wildman–Crippen MR) is 120 cm³/mol. The van der Waals surface area contributed by atoms with Crippen molar-refractivity contribution in [2.24, 2.45) is 0 Å². The van der Waals surface area contributed by atoms with Crippen molar-refractivity contribution in [1.29, 1.82) is 0 Å². The van der Waals surface area contributed by atoms with E-state index in [0.29, 0.717) is 0 Å². The van der Waals surface area contributed by atoms with Crippen molar-refractivity contribution in [2.45, 2.75) is 83.8 Å². The van der Waals surface area contributed by atoms with Crippen LogP contribution in [-0.2, 0) is 23.5 Å². The molecule has 2 aromatic rings. The molecule has 0 spiro atoms. The van der Waals surface area contributed by atoms with Crippen LogP contribution in [0, 0.1) is 0 Å². The van der Waals surface area contributed by atoms with Crippen LogP contribution in [0.25, 0.3) is 11.3 Å². The van der Waals surface area contributed by atoms with Gasteiger partial charge in [-0.25, -0.2) is 0 Å². The van der Waals surface area contributed by atoms with Gasteiger partial charge in [-0.05, 0) is 55.9 Å². The molecule has 2 unspecified atom stereocenters. The van der Waals surface area contributed by atoms with Crippen LogP contribution >= 0.6 is 8.20 Å². The molecule has 1 aliphatic rings. The van der Waals surface area contributed by atoms with E-state index in [2.05, 4.69) is 81.9 Å². The molecule has 2 heteroatoms. The Kier molecular flexibility index (Phi) is 5.92. The van der Waals surface area contributed by atoms with Gasteiger partial charge in [-0.2, -0.15) is 4.57 Å². The van der Waals surface area contributed by atoms with Crippen molar-refractivity contribution >= 4 is 14.5 Å². The van der Waals surface area contributed by atoms with Crippen LogP contribution in [0.15, 0.2) is 36.4 Å². The minimum atomic E-state index is 0.0317. The van der Waals surface area contributed by atoms with E-state index >= 15 is 0 Å². The molecular formula is C25H35NP+. The summed E-state index contributed by atoms with van der Waals surface area (Å²) in [5, 5.41) is 0.0317. The molecule has 144 valence electrons. The molecule has 0 radical (unpaired) electrons. The molecule has 27 heavy (non-hydrogen) atoms. The highest BCUT2D eigenvalue weighted by Crippen LogP contribution is 2.57. The highest BCUT2D eigenvalue weighted by Gasteiger charge is 2.54. The van der Waals surface area contributed by atoms with Crippen LogP contribution in [0.2, 0.25) is 0 Å². The number of unbranched alkanes of at least 4 members (excludes halogenated alkanes) is 1. The molecule has 1 nitrogen and oxygen atoms in total. The van der Waals surface area contributed by atoms with Crippen molar-refractivity contribution in [2.75, 3.05) is 0 Å². The maximum Gasteiger partial charge on any atom is 0.213 e. The monoisotopic (exact) mass is 380 g/mol. The van der Waals surface area contributed by atoms with E-state index in [1.54, 1.807) is 0 Å². The highest BCUT2D eigenvalue weighted by molar-refractivity contribution is 7.38. The minimum Gasteiger partial charge on any atom is -0.195 e. The molecule has 1 aliphatic heterocycles. The third-order valence-corrected chi connectivity index (χ3v) is 8.58. The fourth-order valence-corrected chi connectivity index (χ4v) is 6.43. The van der Waals surface area contributed by atoms with E-state index in [-0.39, 0.29) is 10.6 Å². The van der Waals surface area contributed by atoms with Crippen molar-refractivity contribution in [1.82, 2.24) is 0 Å². The zero-order chi connectivity index (χ0) is 19.7. The van der Waals surface area contributed by atoms with Crippen LogP contribution in [-0.4, -0.2) is 6.30 Å². The SMILES string of the molecule is C=PC1(CC)c2cccc([n+]2CC)-c2cc(CCCC)ccc2C1(C)CC. The first-order chi connectivity index (χ1) is 13.0. The Hall–Kier alpha value is -1.46. The van der Waals surface area contributed by atoms with Gasteiger partial charge in [0.15, 0.2) is 5.69 Å². The summed E-state index contributed by atoms with van der Waals surface area (Å²) in [7, 11) is 1.22. The summed E-state index contributed by atoms with van der Waals surface area (Å²) in [6.45, 7) is 12.7. The number of aromatic nitrogens is 1. The summed E-state index contributed by atoms with van der Waals surface area (Å²) in [6.07, 6.45) is 10.3. The maximum atomic E-state index is 4.46. The molecule has 2 bridgehead atoms. The molecular weight excluding hydrogens is 345 g/mol. The number of pyridine rings is 1. The van der Waals surface area contributed by atoms with Gasteiger partial charge in [-0.1, -0.05) is 60.8 Å². The number of nitrogens with zero attached hydrogens (tertiary/aromatic N) is 1. The van der Waals surface area contributed by atoms with Gasteiger partial charge in [0.1, 0.15) is 11.7 Å². The van der Waals surface area contributed by atoms with Crippen LogP contribution in [0.5, 0.6) is 0 Å². The number of hydrogen-bond acceptors (Lipinski definition) is 0. The number of fused-ring (bicyclic) bond motifs is 4. The summed E-state index contributed by atoms with van der Waals surface area (Å²) in [4.78, 5) is 0. The van der Waals surface area contributed by atoms with Crippen molar-refractivity contribution in [3.8, 4) is 11.3 Å². The quantitative estimate of drug-likeness (QED) is 0.373. The Morgan fingerprint density at radius 3 is 2.41 bits per heavy atom. The average molecular weight is 381 g/mol. The van der Waals surface area contributed by atoms with E-state index in [9.17, 15) is 0 Å². The lowest BCUT2D eigenvalue weighted by Crippen LogP contribution is -2.50. The molecule has 0 saturated heterocycles. The van der Waals surface area contributed by atoms with Gasteiger partial charge < -0.3 is 0 Å². The van der Waals surface area contributed by atoms with E-state index in [4.69, 9.17) is 0 Å². The van der Waals surface area contributed by atoms with Crippen LogP contribution < -0.4 is 4.57 Å². The maximum absolute atomic E-state index is 4.46. The van der Waals surface area contributed by atoms with Gasteiger partial charge in [0.25, 0.3) is 0 Å². The molecule has 2 heterocycles. The Bertz CT molecular complexity index is 840. The first kappa shape index (κ1) is 20.3. The fourth-order valence-electron chi connectivity index (χ4n) is 5.22. The lowest BCUT2D eigenvalue weighted by molar-refractivity contribution is -0.692. The zero-order valence-corrected chi connectivity index (χ0v) is 18.7. The van der Waals surface area contributed by atoms with Crippen molar-refractivity contribution < 1.29 is 4.57 Å². The molecule has 0 amide bonds.